The lowest BCUT2D eigenvalue weighted by Gasteiger charge is -1.90. The fourth-order valence-electron chi connectivity index (χ4n) is 1.62. The highest BCUT2D eigenvalue weighted by Crippen LogP contribution is 2.22. The third-order valence-electron chi connectivity index (χ3n) is 2.40. The molecule has 0 aliphatic carbocycles. The van der Waals surface area contributed by atoms with Crippen molar-refractivity contribution in [3.05, 3.63) is 24.0 Å². The first-order valence-corrected chi connectivity index (χ1v) is 4.85. The predicted octanol–water partition coefficient (Wildman–Crippen LogP) is 1.24. The van der Waals surface area contributed by atoms with Crippen LogP contribution in [0.5, 0.6) is 0 Å². The minimum Gasteiger partial charge on any atom is -0.383 e. The van der Waals surface area contributed by atoms with E-state index < -0.39 is 0 Å². The largest absolute Gasteiger partial charge is 0.383 e. The molecule has 0 radical (unpaired) electrons. The molecule has 0 saturated carbocycles. The summed E-state index contributed by atoms with van der Waals surface area (Å²) in [5.41, 5.74) is 9.15. The maximum atomic E-state index is 5.73. The number of nitrogen functional groups attached to an aromatic ring is 1. The Hall–Kier alpha value is -2.37. The summed E-state index contributed by atoms with van der Waals surface area (Å²) in [7, 11) is 0. The molecular weight excluding hydrogens is 204 g/mol. The van der Waals surface area contributed by atoms with Gasteiger partial charge in [0.1, 0.15) is 11.6 Å². The maximum Gasteiger partial charge on any atom is 0.178 e. The molecule has 6 nitrogen and oxygen atoms in total. The van der Waals surface area contributed by atoms with Gasteiger partial charge in [-0.25, -0.2) is 9.97 Å². The van der Waals surface area contributed by atoms with Gasteiger partial charge in [-0.1, -0.05) is 0 Å². The van der Waals surface area contributed by atoms with Crippen LogP contribution >= 0.6 is 0 Å². The molecular formula is C10H10N6. The number of aryl methyl sites for hydroxylation is 1. The second-order valence-electron chi connectivity index (χ2n) is 3.67. The van der Waals surface area contributed by atoms with Gasteiger partial charge in [0.15, 0.2) is 5.65 Å². The zero-order valence-electron chi connectivity index (χ0n) is 8.65. The molecule has 0 amide bonds. The predicted molar refractivity (Wildman–Crippen MR) is 60.6 cm³/mol. The Labute approximate surface area is 90.9 Å². The van der Waals surface area contributed by atoms with E-state index in [1.807, 2.05) is 13.0 Å². The topological polar surface area (TPSA) is 96.3 Å². The van der Waals surface area contributed by atoms with Crippen molar-refractivity contribution in [2.24, 2.45) is 0 Å². The van der Waals surface area contributed by atoms with Crippen molar-refractivity contribution in [3.63, 3.8) is 0 Å². The lowest BCUT2D eigenvalue weighted by atomic mass is 10.3. The first-order valence-electron chi connectivity index (χ1n) is 4.85. The monoisotopic (exact) mass is 214 g/mol. The third-order valence-corrected chi connectivity index (χ3v) is 2.40. The standard InChI is InChI=1S/C10H10N6/c1-5-2-7-10(12-3-5)15-9(14-7)6-4-13-16-8(6)11/h2-4H,1H3,(H3,11,13,16)(H,12,14,15). The molecule has 3 aromatic rings. The summed E-state index contributed by atoms with van der Waals surface area (Å²) in [6.45, 7) is 1.99. The number of fused-ring (bicyclic) bond motifs is 1. The van der Waals surface area contributed by atoms with Crippen LogP contribution in [-0.2, 0) is 0 Å². The number of hydrogen-bond donors (Lipinski definition) is 3. The number of aromatic nitrogens is 5. The zero-order valence-corrected chi connectivity index (χ0v) is 8.65. The van der Waals surface area contributed by atoms with Crippen LogP contribution in [0.25, 0.3) is 22.6 Å². The highest BCUT2D eigenvalue weighted by atomic mass is 15.2. The number of H-pyrrole nitrogens is 2. The number of anilines is 1. The summed E-state index contributed by atoms with van der Waals surface area (Å²) in [6.07, 6.45) is 3.42. The molecule has 16 heavy (non-hydrogen) atoms. The van der Waals surface area contributed by atoms with Crippen LogP contribution in [-0.4, -0.2) is 25.1 Å². The number of aromatic amines is 2. The third kappa shape index (κ3) is 1.23. The molecule has 0 atom stereocenters. The summed E-state index contributed by atoms with van der Waals surface area (Å²) < 4.78 is 0. The van der Waals surface area contributed by atoms with E-state index >= 15 is 0 Å². The second-order valence-corrected chi connectivity index (χ2v) is 3.67. The Kier molecular flexibility index (Phi) is 1.70. The molecule has 3 rings (SSSR count). The Morgan fingerprint density at radius 1 is 1.31 bits per heavy atom. The van der Waals surface area contributed by atoms with Gasteiger partial charge in [-0.3, -0.25) is 5.10 Å². The van der Waals surface area contributed by atoms with E-state index in [1.54, 1.807) is 12.4 Å². The van der Waals surface area contributed by atoms with Gasteiger partial charge >= 0.3 is 0 Å². The molecule has 3 heterocycles. The Morgan fingerprint density at radius 2 is 2.19 bits per heavy atom. The summed E-state index contributed by atoms with van der Waals surface area (Å²) in [5, 5.41) is 6.53. The number of hydrogen-bond acceptors (Lipinski definition) is 4. The van der Waals surface area contributed by atoms with Crippen molar-refractivity contribution >= 4 is 17.0 Å². The average Bonchev–Trinajstić information content (AvgIpc) is 2.82. The lowest BCUT2D eigenvalue weighted by molar-refractivity contribution is 1.10. The number of nitrogens with zero attached hydrogens (tertiary/aromatic N) is 3. The van der Waals surface area contributed by atoms with Crippen LogP contribution in [0.2, 0.25) is 0 Å². The van der Waals surface area contributed by atoms with Gasteiger partial charge in [0.25, 0.3) is 0 Å². The van der Waals surface area contributed by atoms with E-state index in [4.69, 9.17) is 5.73 Å². The highest BCUT2D eigenvalue weighted by molar-refractivity contribution is 5.78. The van der Waals surface area contributed by atoms with Gasteiger partial charge in [0, 0.05) is 6.20 Å². The van der Waals surface area contributed by atoms with E-state index in [0.29, 0.717) is 17.3 Å². The van der Waals surface area contributed by atoms with Crippen LogP contribution in [0, 0.1) is 6.92 Å². The fraction of sp³-hybridized carbons (Fsp3) is 0.100. The van der Waals surface area contributed by atoms with Gasteiger partial charge < -0.3 is 10.7 Å². The molecule has 4 N–H and O–H groups in total. The average molecular weight is 214 g/mol. The first-order chi connectivity index (χ1) is 7.74. The van der Waals surface area contributed by atoms with Crippen molar-refractivity contribution < 1.29 is 0 Å². The number of rotatable bonds is 1. The van der Waals surface area contributed by atoms with Gasteiger partial charge in [-0.2, -0.15) is 5.10 Å². The zero-order chi connectivity index (χ0) is 11.1. The van der Waals surface area contributed by atoms with Gasteiger partial charge in [0.05, 0.1) is 17.3 Å². The van der Waals surface area contributed by atoms with Crippen molar-refractivity contribution in [1.29, 1.82) is 0 Å². The SMILES string of the molecule is Cc1cnc2nc(-c3cn[nH]c3N)[nH]c2c1. The van der Waals surface area contributed by atoms with E-state index in [-0.39, 0.29) is 0 Å². The summed E-state index contributed by atoms with van der Waals surface area (Å²) >= 11 is 0. The van der Waals surface area contributed by atoms with Crippen molar-refractivity contribution in [3.8, 4) is 11.4 Å². The van der Waals surface area contributed by atoms with E-state index in [2.05, 4.69) is 25.1 Å². The van der Waals surface area contributed by atoms with Crippen molar-refractivity contribution in [2.75, 3.05) is 5.73 Å². The van der Waals surface area contributed by atoms with Gasteiger partial charge in [-0.05, 0) is 18.6 Å². The molecule has 6 heteroatoms. The van der Waals surface area contributed by atoms with Crippen LogP contribution in [0.3, 0.4) is 0 Å². The fourth-order valence-corrected chi connectivity index (χ4v) is 1.62. The minimum atomic E-state index is 0.496. The molecule has 0 fully saturated rings. The molecule has 3 aromatic heterocycles. The number of imidazole rings is 1. The summed E-state index contributed by atoms with van der Waals surface area (Å²) in [6, 6.07) is 2.00. The first kappa shape index (κ1) is 8.90. The van der Waals surface area contributed by atoms with Crippen LogP contribution in [0.15, 0.2) is 18.5 Å². The van der Waals surface area contributed by atoms with Crippen LogP contribution in [0.1, 0.15) is 5.56 Å². The van der Waals surface area contributed by atoms with E-state index in [1.165, 1.54) is 0 Å². The van der Waals surface area contributed by atoms with Crippen LogP contribution in [0.4, 0.5) is 5.82 Å². The molecule has 0 aromatic carbocycles. The lowest BCUT2D eigenvalue weighted by Crippen LogP contribution is -1.88. The smallest absolute Gasteiger partial charge is 0.178 e. The Bertz CT molecular complexity index is 650. The van der Waals surface area contributed by atoms with Gasteiger partial charge in [0.2, 0.25) is 0 Å². The Balaban J connectivity index is 2.23. The minimum absolute atomic E-state index is 0.496. The number of nitrogens with one attached hydrogen (secondary N) is 2. The maximum absolute atomic E-state index is 5.73. The molecule has 0 bridgehead atoms. The summed E-state index contributed by atoms with van der Waals surface area (Å²) in [5.74, 6) is 1.18. The van der Waals surface area contributed by atoms with Gasteiger partial charge in [-0.15, -0.1) is 0 Å². The highest BCUT2D eigenvalue weighted by Gasteiger charge is 2.10. The normalized spacial score (nSPS) is 11.1. The molecule has 0 aliphatic heterocycles. The van der Waals surface area contributed by atoms with E-state index in [9.17, 15) is 0 Å². The van der Waals surface area contributed by atoms with Crippen molar-refractivity contribution in [1.82, 2.24) is 25.1 Å². The quantitative estimate of drug-likeness (QED) is 0.567. The second kappa shape index (κ2) is 3.06. The Morgan fingerprint density at radius 3 is 2.94 bits per heavy atom. The molecule has 0 unspecified atom stereocenters. The molecule has 0 spiro atoms. The number of pyridine rings is 1. The van der Waals surface area contributed by atoms with Crippen LogP contribution < -0.4 is 5.73 Å². The van der Waals surface area contributed by atoms with E-state index in [0.717, 1.165) is 16.6 Å². The molecule has 0 saturated heterocycles. The summed E-state index contributed by atoms with van der Waals surface area (Å²) in [4.78, 5) is 11.7. The molecule has 0 aliphatic rings. The number of nitrogens with two attached hydrogens (primary N) is 1. The van der Waals surface area contributed by atoms with Crippen molar-refractivity contribution in [2.45, 2.75) is 6.92 Å². The molecule has 80 valence electrons.